The molecule has 9 nitrogen and oxygen atoms in total. The van der Waals surface area contributed by atoms with Gasteiger partial charge in [0.2, 0.25) is 10.0 Å². The van der Waals surface area contributed by atoms with Gasteiger partial charge in [0.25, 0.3) is 10.2 Å². The predicted octanol–water partition coefficient (Wildman–Crippen LogP) is -2.09. The lowest BCUT2D eigenvalue weighted by molar-refractivity contribution is -0.142. The molecular weight excluding hydrogens is 298 g/mol. The highest BCUT2D eigenvalue weighted by molar-refractivity contribution is 7.89. The number of carboxylic acid groups (broad SMARTS) is 1. The van der Waals surface area contributed by atoms with E-state index in [4.69, 9.17) is 10.2 Å². The van der Waals surface area contributed by atoms with Gasteiger partial charge < -0.3 is 5.11 Å². The van der Waals surface area contributed by atoms with Crippen LogP contribution in [-0.4, -0.2) is 57.6 Å². The van der Waals surface area contributed by atoms with Crippen molar-refractivity contribution in [2.24, 2.45) is 11.1 Å². The molecule has 4 N–H and O–H groups in total. The average Bonchev–Trinajstić information content (AvgIpc) is 2.27. The molecule has 0 aromatic rings. The van der Waals surface area contributed by atoms with E-state index >= 15 is 0 Å². The van der Waals surface area contributed by atoms with Gasteiger partial charge in [-0.25, -0.2) is 18.3 Å². The van der Waals surface area contributed by atoms with E-state index in [2.05, 4.69) is 4.72 Å². The summed E-state index contributed by atoms with van der Waals surface area (Å²) < 4.78 is 48.1. The van der Waals surface area contributed by atoms with Crippen LogP contribution in [0.25, 0.3) is 0 Å². The molecule has 1 rings (SSSR count). The van der Waals surface area contributed by atoms with Gasteiger partial charge in [-0.2, -0.15) is 12.7 Å². The quantitative estimate of drug-likeness (QED) is 0.512. The van der Waals surface area contributed by atoms with Gasteiger partial charge >= 0.3 is 5.97 Å². The molecule has 0 aromatic heterocycles. The molecule has 112 valence electrons. The maximum absolute atomic E-state index is 11.8. The molecule has 0 spiro atoms. The first-order valence-corrected chi connectivity index (χ1v) is 8.75. The van der Waals surface area contributed by atoms with Crippen LogP contribution in [0.1, 0.15) is 12.8 Å². The number of hydrogen-bond acceptors (Lipinski definition) is 5. The fourth-order valence-electron chi connectivity index (χ4n) is 1.75. The number of piperidine rings is 1. The lowest BCUT2D eigenvalue weighted by atomic mass is 9.99. The summed E-state index contributed by atoms with van der Waals surface area (Å²) in [5, 5.41) is 13.5. The average molecular weight is 315 g/mol. The van der Waals surface area contributed by atoms with Crippen LogP contribution < -0.4 is 9.86 Å². The minimum Gasteiger partial charge on any atom is -0.481 e. The summed E-state index contributed by atoms with van der Waals surface area (Å²) in [4.78, 5) is 10.7. The van der Waals surface area contributed by atoms with E-state index in [1.54, 1.807) is 0 Å². The van der Waals surface area contributed by atoms with Crippen LogP contribution in [0.4, 0.5) is 0 Å². The number of sulfonamides is 1. The molecule has 0 atom stereocenters. The first-order valence-electron chi connectivity index (χ1n) is 5.60. The Morgan fingerprint density at radius 2 is 1.79 bits per heavy atom. The monoisotopic (exact) mass is 315 g/mol. The molecule has 1 heterocycles. The Morgan fingerprint density at radius 1 is 1.26 bits per heavy atom. The Morgan fingerprint density at radius 3 is 2.21 bits per heavy atom. The van der Waals surface area contributed by atoms with E-state index < -0.39 is 37.9 Å². The van der Waals surface area contributed by atoms with Crippen molar-refractivity contribution in [3.05, 3.63) is 0 Å². The van der Waals surface area contributed by atoms with Crippen molar-refractivity contribution < 1.29 is 26.7 Å². The smallest absolute Gasteiger partial charge is 0.306 e. The molecule has 1 fully saturated rings. The van der Waals surface area contributed by atoms with Crippen molar-refractivity contribution >= 4 is 26.2 Å². The summed E-state index contributed by atoms with van der Waals surface area (Å²) in [5.74, 6) is -1.95. The van der Waals surface area contributed by atoms with Crippen molar-refractivity contribution in [3.63, 3.8) is 0 Å². The molecule has 0 unspecified atom stereocenters. The summed E-state index contributed by atoms with van der Waals surface area (Å²) in [6.45, 7) is -0.108. The molecule has 0 amide bonds. The van der Waals surface area contributed by atoms with Crippen LogP contribution in [0.2, 0.25) is 0 Å². The zero-order chi connectivity index (χ0) is 14.7. The zero-order valence-electron chi connectivity index (χ0n) is 10.1. The Hall–Kier alpha value is -0.750. The second-order valence-corrected chi connectivity index (χ2v) is 7.77. The fourth-order valence-corrected chi connectivity index (χ4v) is 3.50. The van der Waals surface area contributed by atoms with Crippen LogP contribution in [0.15, 0.2) is 0 Å². The number of carboxylic acids is 1. The first-order chi connectivity index (χ1) is 8.62. The van der Waals surface area contributed by atoms with E-state index in [0.717, 1.165) is 4.31 Å². The molecule has 0 radical (unpaired) electrons. The molecular formula is C8H17N3O6S2. The van der Waals surface area contributed by atoms with Gasteiger partial charge in [-0.15, -0.1) is 0 Å². The molecule has 0 aromatic carbocycles. The van der Waals surface area contributed by atoms with Gasteiger partial charge in [-0.1, -0.05) is 0 Å². The number of primary sulfonamides is 1. The van der Waals surface area contributed by atoms with Gasteiger partial charge in [0.1, 0.15) is 0 Å². The van der Waals surface area contributed by atoms with E-state index in [-0.39, 0.29) is 32.5 Å². The maximum Gasteiger partial charge on any atom is 0.306 e. The fraction of sp³-hybridized carbons (Fsp3) is 0.875. The predicted molar refractivity (Wildman–Crippen MR) is 66.8 cm³/mol. The van der Waals surface area contributed by atoms with Crippen molar-refractivity contribution in [1.82, 2.24) is 9.03 Å². The van der Waals surface area contributed by atoms with E-state index in [0.29, 0.717) is 0 Å². The number of nitrogens with one attached hydrogen (secondary N) is 1. The third-order valence-electron chi connectivity index (χ3n) is 2.81. The highest BCUT2D eigenvalue weighted by Crippen LogP contribution is 2.18. The minimum atomic E-state index is -3.78. The van der Waals surface area contributed by atoms with Crippen LogP contribution in [0.3, 0.4) is 0 Å². The van der Waals surface area contributed by atoms with Crippen molar-refractivity contribution in [2.75, 3.05) is 25.4 Å². The Balaban J connectivity index is 2.49. The van der Waals surface area contributed by atoms with E-state index in [1.165, 1.54) is 0 Å². The topological polar surface area (TPSA) is 147 Å². The summed E-state index contributed by atoms with van der Waals surface area (Å²) in [6, 6.07) is 0. The SMILES string of the molecule is NS(=O)(=O)CCNS(=O)(=O)N1CCC(C(=O)O)CC1. The van der Waals surface area contributed by atoms with Gasteiger partial charge in [0, 0.05) is 19.6 Å². The first kappa shape index (κ1) is 16.3. The van der Waals surface area contributed by atoms with Gasteiger partial charge in [0.15, 0.2) is 0 Å². The number of rotatable bonds is 6. The molecule has 1 aliphatic heterocycles. The normalized spacial score (nSPS) is 19.4. The Labute approximate surface area is 112 Å². The Bertz CT molecular complexity index is 521. The zero-order valence-corrected chi connectivity index (χ0v) is 11.8. The molecule has 11 heteroatoms. The third kappa shape index (κ3) is 5.40. The summed E-state index contributed by atoms with van der Waals surface area (Å²) in [5.41, 5.74) is 0. The van der Waals surface area contributed by atoms with Crippen LogP contribution >= 0.6 is 0 Å². The third-order valence-corrected chi connectivity index (χ3v) is 5.20. The lowest BCUT2D eigenvalue weighted by Crippen LogP contribution is -2.47. The standard InChI is InChI=1S/C8H17N3O6S2/c9-18(14,15)6-3-10-19(16,17)11-4-1-7(2-5-11)8(12)13/h7,10H,1-6H2,(H,12,13)(H2,9,14,15). The van der Waals surface area contributed by atoms with Crippen LogP contribution in [0.5, 0.6) is 0 Å². The van der Waals surface area contributed by atoms with Crippen LogP contribution in [0, 0.1) is 5.92 Å². The number of nitrogens with zero attached hydrogens (tertiary/aromatic N) is 1. The maximum atomic E-state index is 11.8. The summed E-state index contributed by atoms with van der Waals surface area (Å²) in [7, 11) is -7.50. The molecule has 0 saturated carbocycles. The number of hydrogen-bond donors (Lipinski definition) is 3. The summed E-state index contributed by atoms with van der Waals surface area (Å²) in [6.07, 6.45) is 0.483. The molecule has 0 bridgehead atoms. The highest BCUT2D eigenvalue weighted by atomic mass is 32.2. The molecule has 0 aliphatic carbocycles. The lowest BCUT2D eigenvalue weighted by Gasteiger charge is -2.29. The molecule has 19 heavy (non-hydrogen) atoms. The Kier molecular flexibility index (Phi) is 5.26. The molecule has 1 saturated heterocycles. The minimum absolute atomic E-state index is 0.0989. The highest BCUT2D eigenvalue weighted by Gasteiger charge is 2.30. The van der Waals surface area contributed by atoms with Gasteiger partial charge in [-0.05, 0) is 12.8 Å². The van der Waals surface area contributed by atoms with Crippen molar-refractivity contribution in [3.8, 4) is 0 Å². The largest absolute Gasteiger partial charge is 0.481 e. The van der Waals surface area contributed by atoms with Crippen LogP contribution in [-0.2, 0) is 25.0 Å². The number of aliphatic carboxylic acids is 1. The number of nitrogens with two attached hydrogens (primary N) is 1. The van der Waals surface area contributed by atoms with Gasteiger partial charge in [0.05, 0.1) is 11.7 Å². The number of carbonyl (C=O) groups is 1. The summed E-state index contributed by atoms with van der Waals surface area (Å²) >= 11 is 0. The second-order valence-electron chi connectivity index (χ2n) is 4.28. The van der Waals surface area contributed by atoms with E-state index in [9.17, 15) is 21.6 Å². The van der Waals surface area contributed by atoms with E-state index in [1.807, 2.05) is 0 Å². The van der Waals surface area contributed by atoms with Crippen molar-refractivity contribution in [2.45, 2.75) is 12.8 Å². The van der Waals surface area contributed by atoms with Crippen molar-refractivity contribution in [1.29, 1.82) is 0 Å². The van der Waals surface area contributed by atoms with Gasteiger partial charge in [-0.3, -0.25) is 4.79 Å². The second kappa shape index (κ2) is 6.13. The molecule has 1 aliphatic rings.